The van der Waals surface area contributed by atoms with Crippen molar-refractivity contribution in [1.82, 2.24) is 5.32 Å². The van der Waals surface area contributed by atoms with Crippen molar-refractivity contribution in [2.75, 3.05) is 7.11 Å². The number of thioether (sulfide) groups is 1. The zero-order chi connectivity index (χ0) is 22.5. The fourth-order valence-electron chi connectivity index (χ4n) is 3.17. The number of carboxylic acids is 1. The zero-order valence-electron chi connectivity index (χ0n) is 17.2. The molecule has 0 saturated carbocycles. The van der Waals surface area contributed by atoms with Crippen LogP contribution in [0.5, 0.6) is 5.75 Å². The molecule has 0 aromatic heterocycles. The van der Waals surface area contributed by atoms with E-state index < -0.39 is 5.97 Å². The molecule has 0 radical (unpaired) electrons. The summed E-state index contributed by atoms with van der Waals surface area (Å²) in [5.41, 5.74) is 4.42. The molecule has 0 unspecified atom stereocenters. The van der Waals surface area contributed by atoms with Gasteiger partial charge in [-0.1, -0.05) is 48.5 Å². The molecule has 32 heavy (non-hydrogen) atoms. The highest BCUT2D eigenvalue weighted by molar-refractivity contribution is 8.18. The van der Waals surface area contributed by atoms with E-state index in [1.54, 1.807) is 31.4 Å². The van der Waals surface area contributed by atoms with Gasteiger partial charge in [0, 0.05) is 0 Å². The van der Waals surface area contributed by atoms with Crippen molar-refractivity contribution >= 4 is 40.6 Å². The van der Waals surface area contributed by atoms with Gasteiger partial charge in [0.15, 0.2) is 5.17 Å². The predicted molar refractivity (Wildman–Crippen MR) is 127 cm³/mol. The Labute approximate surface area is 189 Å². The van der Waals surface area contributed by atoms with E-state index in [0.29, 0.717) is 21.3 Å². The molecule has 2 N–H and O–H groups in total. The summed E-state index contributed by atoms with van der Waals surface area (Å²) in [6.07, 6.45) is 1.79. The van der Waals surface area contributed by atoms with Crippen molar-refractivity contribution in [2.24, 2.45) is 4.99 Å². The summed E-state index contributed by atoms with van der Waals surface area (Å²) < 4.78 is 5.19. The molecule has 1 fully saturated rings. The normalized spacial score (nSPS) is 15.7. The minimum Gasteiger partial charge on any atom is -0.497 e. The van der Waals surface area contributed by atoms with Gasteiger partial charge in [-0.25, -0.2) is 4.99 Å². The summed E-state index contributed by atoms with van der Waals surface area (Å²) in [5.74, 6) is -0.266. The Morgan fingerprint density at radius 1 is 1.00 bits per heavy atom. The number of hydrogen-bond donors (Lipinski definition) is 2. The van der Waals surface area contributed by atoms with Crippen LogP contribution in [-0.4, -0.2) is 29.3 Å². The third-order valence-electron chi connectivity index (χ3n) is 4.81. The van der Waals surface area contributed by atoms with Crippen LogP contribution in [0.25, 0.3) is 17.2 Å². The van der Waals surface area contributed by atoms with E-state index >= 15 is 0 Å². The molecule has 1 aliphatic rings. The molecule has 0 atom stereocenters. The van der Waals surface area contributed by atoms with Crippen LogP contribution in [0, 0.1) is 0 Å². The zero-order valence-corrected chi connectivity index (χ0v) is 18.1. The van der Waals surface area contributed by atoms with Gasteiger partial charge in [-0.2, -0.15) is 0 Å². The number of amidine groups is 1. The maximum atomic E-state index is 12.3. The molecule has 0 spiro atoms. The Morgan fingerprint density at radius 3 is 2.22 bits per heavy atom. The van der Waals surface area contributed by atoms with E-state index in [2.05, 4.69) is 10.3 Å². The number of nitrogens with one attached hydrogen (secondary N) is 1. The van der Waals surface area contributed by atoms with Gasteiger partial charge in [0.2, 0.25) is 0 Å². The van der Waals surface area contributed by atoms with E-state index in [0.717, 1.165) is 22.4 Å². The Kier molecular flexibility index (Phi) is 6.37. The SMILES string of the molecule is COc1ccc(-c2ccc(C=C3SC(=Nc4ccc(CC(=O)O)cc4)NC3=O)cc2)cc1. The quantitative estimate of drug-likeness (QED) is 0.529. The van der Waals surface area contributed by atoms with Crippen LogP contribution >= 0.6 is 11.8 Å². The van der Waals surface area contributed by atoms with Crippen LogP contribution in [0.15, 0.2) is 82.7 Å². The van der Waals surface area contributed by atoms with Crippen LogP contribution in [0.2, 0.25) is 0 Å². The van der Waals surface area contributed by atoms with Crippen molar-refractivity contribution in [3.8, 4) is 16.9 Å². The number of aliphatic carboxylic acids is 1. The molecule has 3 aromatic carbocycles. The van der Waals surface area contributed by atoms with Crippen molar-refractivity contribution in [1.29, 1.82) is 0 Å². The van der Waals surface area contributed by atoms with Crippen molar-refractivity contribution in [3.05, 3.63) is 88.8 Å². The number of ether oxygens (including phenoxy) is 1. The van der Waals surface area contributed by atoms with Crippen molar-refractivity contribution in [3.63, 3.8) is 0 Å². The summed E-state index contributed by atoms with van der Waals surface area (Å²) in [6, 6.07) is 22.7. The van der Waals surface area contributed by atoms with E-state index in [-0.39, 0.29) is 12.3 Å². The summed E-state index contributed by atoms with van der Waals surface area (Å²) in [5, 5.41) is 12.1. The van der Waals surface area contributed by atoms with Gasteiger partial charge >= 0.3 is 5.97 Å². The number of nitrogens with zero attached hydrogens (tertiary/aromatic N) is 1. The number of carbonyl (C=O) groups is 2. The molecule has 4 rings (SSSR count). The average molecular weight is 445 g/mol. The lowest BCUT2D eigenvalue weighted by atomic mass is 10.0. The molecule has 3 aromatic rings. The lowest BCUT2D eigenvalue weighted by Gasteiger charge is -2.04. The van der Waals surface area contributed by atoms with E-state index in [1.165, 1.54) is 11.8 Å². The van der Waals surface area contributed by atoms with Crippen LogP contribution < -0.4 is 10.1 Å². The molecule has 6 nitrogen and oxygen atoms in total. The summed E-state index contributed by atoms with van der Waals surface area (Å²) in [6.45, 7) is 0. The van der Waals surface area contributed by atoms with Crippen LogP contribution in [0.4, 0.5) is 5.69 Å². The van der Waals surface area contributed by atoms with Gasteiger partial charge < -0.3 is 15.2 Å². The molecule has 0 aliphatic carbocycles. The Balaban J connectivity index is 1.45. The van der Waals surface area contributed by atoms with Gasteiger partial charge in [-0.05, 0) is 64.4 Å². The maximum Gasteiger partial charge on any atom is 0.307 e. The van der Waals surface area contributed by atoms with Crippen LogP contribution in [0.3, 0.4) is 0 Å². The number of rotatable bonds is 6. The molecule has 7 heteroatoms. The predicted octanol–water partition coefficient (Wildman–Crippen LogP) is 4.88. The average Bonchev–Trinajstić information content (AvgIpc) is 3.14. The lowest BCUT2D eigenvalue weighted by molar-refractivity contribution is -0.136. The second-order valence-electron chi connectivity index (χ2n) is 7.07. The molecule has 160 valence electrons. The highest BCUT2D eigenvalue weighted by Crippen LogP contribution is 2.29. The summed E-state index contributed by atoms with van der Waals surface area (Å²) >= 11 is 1.27. The largest absolute Gasteiger partial charge is 0.497 e. The van der Waals surface area contributed by atoms with Gasteiger partial charge in [0.1, 0.15) is 5.75 Å². The van der Waals surface area contributed by atoms with Gasteiger partial charge in [-0.15, -0.1) is 0 Å². The smallest absolute Gasteiger partial charge is 0.307 e. The van der Waals surface area contributed by atoms with Gasteiger partial charge in [0.25, 0.3) is 5.91 Å². The summed E-state index contributed by atoms with van der Waals surface area (Å²) in [7, 11) is 1.64. The van der Waals surface area contributed by atoms with Crippen molar-refractivity contribution < 1.29 is 19.4 Å². The highest BCUT2D eigenvalue weighted by Gasteiger charge is 2.23. The first-order valence-electron chi connectivity index (χ1n) is 9.85. The second-order valence-corrected chi connectivity index (χ2v) is 8.10. The minimum atomic E-state index is -0.880. The number of benzene rings is 3. The first-order chi connectivity index (χ1) is 15.5. The number of hydrogen-bond acceptors (Lipinski definition) is 5. The third kappa shape index (κ3) is 5.25. The van der Waals surface area contributed by atoms with E-state index in [1.807, 2.05) is 54.6 Å². The summed E-state index contributed by atoms with van der Waals surface area (Å²) in [4.78, 5) is 28.1. The maximum absolute atomic E-state index is 12.3. The topological polar surface area (TPSA) is 88.0 Å². The number of carboxylic acid groups (broad SMARTS) is 1. The molecule has 1 heterocycles. The van der Waals surface area contributed by atoms with Gasteiger partial charge in [-0.3, -0.25) is 9.59 Å². The minimum absolute atomic E-state index is 0.0352. The monoisotopic (exact) mass is 444 g/mol. The highest BCUT2D eigenvalue weighted by atomic mass is 32.2. The third-order valence-corrected chi connectivity index (χ3v) is 5.71. The number of amides is 1. The number of methoxy groups -OCH3 is 1. The van der Waals surface area contributed by atoms with Crippen LogP contribution in [-0.2, 0) is 16.0 Å². The Morgan fingerprint density at radius 2 is 1.62 bits per heavy atom. The van der Waals surface area contributed by atoms with Gasteiger partial charge in [0.05, 0.1) is 24.1 Å². The molecule has 1 amide bonds. The second kappa shape index (κ2) is 9.53. The first-order valence-corrected chi connectivity index (χ1v) is 10.7. The molecule has 1 saturated heterocycles. The van der Waals surface area contributed by atoms with Crippen LogP contribution in [0.1, 0.15) is 11.1 Å². The van der Waals surface area contributed by atoms with E-state index in [4.69, 9.17) is 9.84 Å². The standard InChI is InChI=1S/C25H20N2O4S/c1-31-21-12-8-19(9-13-21)18-6-2-16(3-7-18)14-22-24(30)27-25(32-22)26-20-10-4-17(5-11-20)15-23(28)29/h2-14H,15H2,1H3,(H,28,29)(H,26,27,30). The van der Waals surface area contributed by atoms with Crippen molar-refractivity contribution in [2.45, 2.75) is 6.42 Å². The first kappa shape index (κ1) is 21.4. The molecule has 1 aliphatic heterocycles. The Hall–Kier alpha value is -3.84. The van der Waals surface area contributed by atoms with E-state index in [9.17, 15) is 9.59 Å². The molecular formula is C25H20N2O4S. The molecule has 0 bridgehead atoms. The fraction of sp³-hybridized carbons (Fsp3) is 0.0800. The number of aliphatic imine (C=N–C) groups is 1. The Bertz CT molecular complexity index is 1200. The molecular weight excluding hydrogens is 424 g/mol. The fourth-order valence-corrected chi connectivity index (χ4v) is 4.01. The number of carbonyl (C=O) groups excluding carboxylic acids is 1. The lowest BCUT2D eigenvalue weighted by Crippen LogP contribution is -2.19.